The number of nitrogens with zero attached hydrogens (tertiary/aromatic N) is 2. The van der Waals surface area contributed by atoms with Crippen LogP contribution < -0.4 is 0 Å². The maximum absolute atomic E-state index is 6.03. The summed E-state index contributed by atoms with van der Waals surface area (Å²) < 4.78 is 6.03. The molecule has 114 valence electrons. The van der Waals surface area contributed by atoms with Gasteiger partial charge in [-0.1, -0.05) is 30.6 Å². The van der Waals surface area contributed by atoms with Crippen molar-refractivity contribution in [3.05, 3.63) is 10.4 Å². The summed E-state index contributed by atoms with van der Waals surface area (Å²) in [5.41, 5.74) is 1.24. The third-order valence-electron chi connectivity index (χ3n) is 3.97. The fraction of sp³-hybridized carbons (Fsp3) is 0.600. The molecule has 3 nitrogen and oxygen atoms in total. The zero-order valence-corrected chi connectivity index (χ0v) is 15.0. The Bertz CT molecular complexity index is 670. The molecule has 3 heterocycles. The van der Waals surface area contributed by atoms with Crippen LogP contribution in [0.25, 0.3) is 10.2 Å². The fourth-order valence-electron chi connectivity index (χ4n) is 2.51. The van der Waals surface area contributed by atoms with Crippen LogP contribution in [0.4, 0.5) is 0 Å². The van der Waals surface area contributed by atoms with Crippen molar-refractivity contribution in [1.82, 2.24) is 9.97 Å². The van der Waals surface area contributed by atoms with E-state index >= 15 is 0 Å². The van der Waals surface area contributed by atoms with Crippen LogP contribution in [0, 0.1) is 0 Å². The molecule has 0 radical (unpaired) electrons. The van der Waals surface area contributed by atoms with Gasteiger partial charge in [-0.3, -0.25) is 4.98 Å². The van der Waals surface area contributed by atoms with Crippen LogP contribution in [-0.4, -0.2) is 21.3 Å². The third kappa shape index (κ3) is 2.91. The first-order valence-corrected chi connectivity index (χ1v) is 9.53. The molecular formula is C15H19N2OS3-. The minimum atomic E-state index is -0.0849. The van der Waals surface area contributed by atoms with Crippen LogP contribution in [0.15, 0.2) is 10.2 Å². The molecule has 0 N–H and O–H groups in total. The average Bonchev–Trinajstić information content (AvgIpc) is 2.83. The highest BCUT2D eigenvalue weighted by Crippen LogP contribution is 2.40. The number of aromatic nitrogens is 2. The van der Waals surface area contributed by atoms with Crippen molar-refractivity contribution in [2.24, 2.45) is 0 Å². The molecule has 1 aliphatic heterocycles. The van der Waals surface area contributed by atoms with Gasteiger partial charge in [0.05, 0.1) is 12.2 Å². The molecule has 6 heteroatoms. The van der Waals surface area contributed by atoms with Gasteiger partial charge in [0.25, 0.3) is 0 Å². The number of ether oxygens (including phenoxy) is 1. The summed E-state index contributed by atoms with van der Waals surface area (Å²) >= 11 is 8.95. The molecule has 0 spiro atoms. The first-order valence-electron chi connectivity index (χ1n) is 7.32. The van der Waals surface area contributed by atoms with E-state index in [9.17, 15) is 0 Å². The Balaban J connectivity index is 2.05. The largest absolute Gasteiger partial charge is 0.759 e. The summed E-state index contributed by atoms with van der Waals surface area (Å²) in [5, 5.41) is 2.61. The van der Waals surface area contributed by atoms with E-state index in [0.29, 0.717) is 11.6 Å². The number of fused-ring (bicyclic) bond motifs is 3. The average molecular weight is 340 g/mol. The topological polar surface area (TPSA) is 35.0 Å². The predicted octanol–water partition coefficient (Wildman–Crippen LogP) is 4.34. The summed E-state index contributed by atoms with van der Waals surface area (Å²) in [6.07, 6.45) is 3.03. The monoisotopic (exact) mass is 339 g/mol. The lowest BCUT2D eigenvalue weighted by molar-refractivity contribution is -0.0543. The summed E-state index contributed by atoms with van der Waals surface area (Å²) in [6.45, 7) is 7.18. The molecule has 2 aromatic rings. The van der Waals surface area contributed by atoms with Crippen LogP contribution in [0.1, 0.15) is 44.1 Å². The van der Waals surface area contributed by atoms with Crippen LogP contribution in [0.2, 0.25) is 0 Å². The van der Waals surface area contributed by atoms with Crippen molar-refractivity contribution in [2.45, 2.75) is 62.4 Å². The van der Waals surface area contributed by atoms with Gasteiger partial charge in [-0.05, 0) is 25.3 Å². The molecule has 0 aromatic carbocycles. The highest BCUT2D eigenvalue weighted by atomic mass is 32.2. The van der Waals surface area contributed by atoms with Gasteiger partial charge in [0.2, 0.25) is 0 Å². The second-order valence-corrected chi connectivity index (χ2v) is 8.15. The summed E-state index contributed by atoms with van der Waals surface area (Å²) in [4.78, 5) is 11.5. The number of thioether (sulfide) groups is 1. The fourth-order valence-corrected chi connectivity index (χ4v) is 4.79. The van der Waals surface area contributed by atoms with E-state index in [1.54, 1.807) is 23.1 Å². The second kappa shape index (κ2) is 5.99. The van der Waals surface area contributed by atoms with Gasteiger partial charge >= 0.3 is 0 Å². The Morgan fingerprint density at radius 2 is 2.19 bits per heavy atom. The van der Waals surface area contributed by atoms with E-state index in [0.717, 1.165) is 40.4 Å². The lowest BCUT2D eigenvalue weighted by Gasteiger charge is -2.33. The lowest BCUT2D eigenvalue weighted by Crippen LogP contribution is -2.33. The molecule has 1 aliphatic rings. The predicted molar refractivity (Wildman–Crippen MR) is 91.3 cm³/mol. The zero-order valence-electron chi connectivity index (χ0n) is 12.6. The van der Waals surface area contributed by atoms with Crippen molar-refractivity contribution in [3.63, 3.8) is 0 Å². The van der Waals surface area contributed by atoms with Gasteiger partial charge in [-0.15, -0.1) is 11.3 Å². The van der Waals surface area contributed by atoms with E-state index in [2.05, 4.69) is 25.8 Å². The Hall–Kier alpha value is -0.430. The van der Waals surface area contributed by atoms with Gasteiger partial charge in [0, 0.05) is 22.4 Å². The minimum Gasteiger partial charge on any atom is -0.759 e. The summed E-state index contributed by atoms with van der Waals surface area (Å²) in [6, 6.07) is 0. The molecule has 0 saturated carbocycles. The van der Waals surface area contributed by atoms with E-state index in [4.69, 9.17) is 22.3 Å². The number of hydrogen-bond donors (Lipinski definition) is 0. The van der Waals surface area contributed by atoms with Crippen LogP contribution in [-0.2, 0) is 30.4 Å². The van der Waals surface area contributed by atoms with E-state index in [1.807, 2.05) is 0 Å². The standard InChI is InChI=1S/C15H20N2OS3/c1-4-6-20-14-16-12(19)11-9-7-15(3,5-2)18-8-10(9)21-13(11)17-14/h4-8H2,1-3H3,(H,16,17,19)/p-1/t15-/m0/s1. The molecule has 21 heavy (non-hydrogen) atoms. The second-order valence-electron chi connectivity index (χ2n) is 5.61. The minimum absolute atomic E-state index is 0.0849. The molecule has 0 bridgehead atoms. The van der Waals surface area contributed by atoms with Crippen molar-refractivity contribution in [3.8, 4) is 0 Å². The van der Waals surface area contributed by atoms with Crippen molar-refractivity contribution < 1.29 is 4.74 Å². The molecule has 0 aliphatic carbocycles. The SMILES string of the molecule is CCCSc1nc([S-])c2c3c(sc2n1)CO[C@@](C)(CC)C3. The highest BCUT2D eigenvalue weighted by molar-refractivity contribution is 7.99. The van der Waals surface area contributed by atoms with Gasteiger partial charge < -0.3 is 17.4 Å². The van der Waals surface area contributed by atoms with Gasteiger partial charge in [0.15, 0.2) is 5.16 Å². The van der Waals surface area contributed by atoms with Gasteiger partial charge in [-0.2, -0.15) is 0 Å². The molecule has 0 amide bonds. The molecule has 0 fully saturated rings. The number of hydrogen-bond acceptors (Lipinski definition) is 6. The van der Waals surface area contributed by atoms with E-state index in [1.165, 1.54) is 10.4 Å². The number of rotatable bonds is 4. The van der Waals surface area contributed by atoms with Crippen LogP contribution >= 0.6 is 23.1 Å². The third-order valence-corrected chi connectivity index (χ3v) is 6.41. The maximum Gasteiger partial charge on any atom is 0.187 e. The van der Waals surface area contributed by atoms with Gasteiger partial charge in [0.1, 0.15) is 4.83 Å². The van der Waals surface area contributed by atoms with Crippen molar-refractivity contribution >= 4 is 45.9 Å². The number of thiophene rings is 1. The molecule has 1 atom stereocenters. The highest BCUT2D eigenvalue weighted by Gasteiger charge is 2.32. The van der Waals surface area contributed by atoms with Crippen LogP contribution in [0.3, 0.4) is 0 Å². The summed E-state index contributed by atoms with van der Waals surface area (Å²) in [5.74, 6) is 1.03. The normalized spacial score (nSPS) is 21.7. The Morgan fingerprint density at radius 1 is 1.38 bits per heavy atom. The maximum atomic E-state index is 6.03. The smallest absolute Gasteiger partial charge is 0.187 e. The van der Waals surface area contributed by atoms with E-state index in [-0.39, 0.29) is 5.60 Å². The molecule has 0 saturated heterocycles. The lowest BCUT2D eigenvalue weighted by atomic mass is 9.90. The van der Waals surface area contributed by atoms with E-state index < -0.39 is 0 Å². The zero-order chi connectivity index (χ0) is 15.0. The van der Waals surface area contributed by atoms with Crippen molar-refractivity contribution in [2.75, 3.05) is 5.75 Å². The summed E-state index contributed by atoms with van der Waals surface area (Å²) in [7, 11) is 0. The quantitative estimate of drug-likeness (QED) is 0.358. The molecular weight excluding hydrogens is 320 g/mol. The van der Waals surface area contributed by atoms with Crippen LogP contribution in [0.5, 0.6) is 0 Å². The molecule has 2 aromatic heterocycles. The first-order chi connectivity index (χ1) is 10.1. The molecule has 3 rings (SSSR count). The Morgan fingerprint density at radius 3 is 2.90 bits per heavy atom. The Labute approximate surface area is 139 Å². The Kier molecular flexibility index (Phi) is 4.41. The first kappa shape index (κ1) is 15.5. The van der Waals surface area contributed by atoms with Crippen molar-refractivity contribution in [1.29, 1.82) is 0 Å². The van der Waals surface area contributed by atoms with Gasteiger partial charge in [-0.25, -0.2) is 4.98 Å². The molecule has 0 unspecified atom stereocenters.